The lowest BCUT2D eigenvalue weighted by Gasteiger charge is -2.31. The summed E-state index contributed by atoms with van der Waals surface area (Å²) in [6.07, 6.45) is 1.67. The van der Waals surface area contributed by atoms with Gasteiger partial charge in [0.2, 0.25) is 0 Å². The molecule has 0 bridgehead atoms. The van der Waals surface area contributed by atoms with Crippen molar-refractivity contribution in [2.45, 2.75) is 18.9 Å². The molecule has 2 heterocycles. The largest absolute Gasteiger partial charge is 0.467 e. The summed E-state index contributed by atoms with van der Waals surface area (Å²) in [4.78, 5) is 19.0. The van der Waals surface area contributed by atoms with Gasteiger partial charge in [-0.1, -0.05) is 44.9 Å². The Kier molecular flexibility index (Phi) is 5.16. The van der Waals surface area contributed by atoms with Gasteiger partial charge in [-0.3, -0.25) is 4.79 Å². The number of benzene rings is 2. The number of halogens is 2. The van der Waals surface area contributed by atoms with Crippen LogP contribution in [0.3, 0.4) is 0 Å². The molecule has 0 radical (unpaired) electrons. The number of carbonyl (C=O) groups excluding carboxylic acids is 1. The van der Waals surface area contributed by atoms with Gasteiger partial charge in [-0.05, 0) is 36.4 Å². The number of ether oxygens (including phenoxy) is 1. The minimum absolute atomic E-state index is 0.0720. The summed E-state index contributed by atoms with van der Waals surface area (Å²) in [5.41, 5.74) is 1.51. The SMILES string of the molecule is O=C(c1ccc(Br)cc1)N1CCC(Oc2nc3c(Cl)cccc3s2)CC1. The maximum Gasteiger partial charge on any atom is 0.274 e. The van der Waals surface area contributed by atoms with Gasteiger partial charge in [-0.25, -0.2) is 4.98 Å². The van der Waals surface area contributed by atoms with Crippen LogP contribution in [0.5, 0.6) is 5.19 Å². The van der Waals surface area contributed by atoms with Gasteiger partial charge < -0.3 is 9.64 Å². The van der Waals surface area contributed by atoms with Crippen LogP contribution in [0.1, 0.15) is 23.2 Å². The van der Waals surface area contributed by atoms with Crippen LogP contribution >= 0.6 is 38.9 Å². The van der Waals surface area contributed by atoms with Crippen LogP contribution in [0.25, 0.3) is 10.2 Å². The normalized spacial score (nSPS) is 15.4. The molecular formula is C19H16BrClN2O2S. The molecule has 0 spiro atoms. The first-order chi connectivity index (χ1) is 12.6. The van der Waals surface area contributed by atoms with Crippen molar-refractivity contribution < 1.29 is 9.53 Å². The van der Waals surface area contributed by atoms with Gasteiger partial charge >= 0.3 is 0 Å². The molecule has 1 saturated heterocycles. The first kappa shape index (κ1) is 17.8. The molecule has 1 fully saturated rings. The Labute approximate surface area is 168 Å². The topological polar surface area (TPSA) is 42.4 Å². The molecule has 0 unspecified atom stereocenters. The standard InChI is InChI=1S/C19H16BrClN2O2S/c20-13-6-4-12(5-7-13)18(24)23-10-8-14(9-11-23)25-19-22-17-15(21)2-1-3-16(17)26-19/h1-7,14H,8-11H2. The molecule has 26 heavy (non-hydrogen) atoms. The Morgan fingerprint density at radius 3 is 2.62 bits per heavy atom. The second-order valence-corrected chi connectivity index (χ2v) is 8.50. The molecule has 0 saturated carbocycles. The van der Waals surface area contributed by atoms with Gasteiger partial charge in [0, 0.05) is 36.0 Å². The van der Waals surface area contributed by atoms with Crippen LogP contribution in [0.15, 0.2) is 46.9 Å². The van der Waals surface area contributed by atoms with Crippen molar-refractivity contribution in [2.24, 2.45) is 0 Å². The number of para-hydroxylation sites is 1. The molecule has 2 aromatic carbocycles. The van der Waals surface area contributed by atoms with Crippen LogP contribution in [-0.4, -0.2) is 35.0 Å². The average molecular weight is 452 g/mol. The van der Waals surface area contributed by atoms with Crippen molar-refractivity contribution in [3.63, 3.8) is 0 Å². The molecular weight excluding hydrogens is 436 g/mol. The molecule has 1 aliphatic heterocycles. The number of hydrogen-bond donors (Lipinski definition) is 0. The minimum Gasteiger partial charge on any atom is -0.467 e. The molecule has 0 atom stereocenters. The van der Waals surface area contributed by atoms with E-state index in [9.17, 15) is 4.79 Å². The van der Waals surface area contributed by atoms with E-state index in [2.05, 4.69) is 20.9 Å². The summed E-state index contributed by atoms with van der Waals surface area (Å²) in [5, 5.41) is 1.29. The molecule has 1 aromatic heterocycles. The Balaban J connectivity index is 1.37. The first-order valence-corrected chi connectivity index (χ1v) is 10.4. The average Bonchev–Trinajstić information content (AvgIpc) is 3.06. The third kappa shape index (κ3) is 3.72. The van der Waals surface area contributed by atoms with Crippen LogP contribution < -0.4 is 4.74 Å². The van der Waals surface area contributed by atoms with Gasteiger partial charge in [-0.15, -0.1) is 0 Å². The smallest absolute Gasteiger partial charge is 0.274 e. The summed E-state index contributed by atoms with van der Waals surface area (Å²) >= 11 is 11.1. The number of fused-ring (bicyclic) bond motifs is 1. The Morgan fingerprint density at radius 1 is 1.19 bits per heavy atom. The Morgan fingerprint density at radius 2 is 1.92 bits per heavy atom. The van der Waals surface area contributed by atoms with Crippen molar-refractivity contribution in [1.29, 1.82) is 0 Å². The monoisotopic (exact) mass is 450 g/mol. The number of likely N-dealkylation sites (tertiary alicyclic amines) is 1. The number of piperidine rings is 1. The van der Waals surface area contributed by atoms with Crippen LogP contribution in [0, 0.1) is 0 Å². The van der Waals surface area contributed by atoms with Crippen molar-refractivity contribution in [2.75, 3.05) is 13.1 Å². The van der Waals surface area contributed by atoms with Gasteiger partial charge in [0.05, 0.1) is 9.72 Å². The predicted molar refractivity (Wildman–Crippen MR) is 108 cm³/mol. The molecule has 0 aliphatic carbocycles. The van der Waals surface area contributed by atoms with E-state index >= 15 is 0 Å². The summed E-state index contributed by atoms with van der Waals surface area (Å²) in [5.74, 6) is 0.0720. The molecule has 134 valence electrons. The summed E-state index contributed by atoms with van der Waals surface area (Å²) in [6, 6.07) is 13.2. The van der Waals surface area contributed by atoms with Gasteiger partial charge in [0.15, 0.2) is 0 Å². The zero-order valence-electron chi connectivity index (χ0n) is 13.8. The highest BCUT2D eigenvalue weighted by molar-refractivity contribution is 9.10. The molecule has 3 aromatic rings. The fraction of sp³-hybridized carbons (Fsp3) is 0.263. The first-order valence-electron chi connectivity index (χ1n) is 8.37. The zero-order chi connectivity index (χ0) is 18.1. The second kappa shape index (κ2) is 7.55. The van der Waals surface area contributed by atoms with Crippen LogP contribution in [0.2, 0.25) is 5.02 Å². The number of rotatable bonds is 3. The highest BCUT2D eigenvalue weighted by atomic mass is 79.9. The molecule has 4 rings (SSSR count). The molecule has 1 aliphatic rings. The highest BCUT2D eigenvalue weighted by Crippen LogP contribution is 2.33. The Bertz CT molecular complexity index is 936. The van der Waals surface area contributed by atoms with Crippen molar-refractivity contribution >= 4 is 55.0 Å². The fourth-order valence-electron chi connectivity index (χ4n) is 3.04. The van der Waals surface area contributed by atoms with Gasteiger partial charge in [0.1, 0.15) is 11.6 Å². The maximum atomic E-state index is 12.6. The third-order valence-electron chi connectivity index (χ3n) is 4.44. The van der Waals surface area contributed by atoms with Gasteiger partial charge in [-0.2, -0.15) is 0 Å². The molecule has 1 amide bonds. The lowest BCUT2D eigenvalue weighted by molar-refractivity contribution is 0.0595. The van der Waals surface area contributed by atoms with Crippen molar-refractivity contribution in [3.05, 3.63) is 57.5 Å². The molecule has 0 N–H and O–H groups in total. The lowest BCUT2D eigenvalue weighted by Crippen LogP contribution is -2.41. The van der Waals surface area contributed by atoms with Crippen LogP contribution in [0.4, 0.5) is 0 Å². The van der Waals surface area contributed by atoms with Crippen LogP contribution in [-0.2, 0) is 0 Å². The van der Waals surface area contributed by atoms with Crippen molar-refractivity contribution in [1.82, 2.24) is 9.88 Å². The summed E-state index contributed by atoms with van der Waals surface area (Å²) in [6.45, 7) is 1.37. The van der Waals surface area contributed by atoms with E-state index in [-0.39, 0.29) is 12.0 Å². The maximum absolute atomic E-state index is 12.6. The number of carbonyl (C=O) groups is 1. The minimum atomic E-state index is 0.0720. The van der Waals surface area contributed by atoms with Crippen molar-refractivity contribution in [3.8, 4) is 5.19 Å². The van der Waals surface area contributed by atoms with E-state index in [1.165, 1.54) is 11.3 Å². The number of amides is 1. The van der Waals surface area contributed by atoms with E-state index in [1.807, 2.05) is 47.4 Å². The van der Waals surface area contributed by atoms with E-state index in [0.29, 0.717) is 28.9 Å². The second-order valence-electron chi connectivity index (χ2n) is 6.18. The lowest BCUT2D eigenvalue weighted by atomic mass is 10.1. The quantitative estimate of drug-likeness (QED) is 0.536. The van der Waals surface area contributed by atoms with Gasteiger partial charge in [0.25, 0.3) is 11.1 Å². The highest BCUT2D eigenvalue weighted by Gasteiger charge is 2.25. The Hall–Kier alpha value is -1.63. The number of nitrogens with zero attached hydrogens (tertiary/aromatic N) is 2. The van der Waals surface area contributed by atoms with E-state index < -0.39 is 0 Å². The summed E-state index contributed by atoms with van der Waals surface area (Å²) < 4.78 is 8.04. The summed E-state index contributed by atoms with van der Waals surface area (Å²) in [7, 11) is 0. The van der Waals surface area contributed by atoms with E-state index in [1.54, 1.807) is 0 Å². The predicted octanol–water partition coefficient (Wildman–Crippen LogP) is 5.40. The third-order valence-corrected chi connectivity index (χ3v) is 6.18. The molecule has 4 nitrogen and oxygen atoms in total. The zero-order valence-corrected chi connectivity index (χ0v) is 17.0. The number of thiazole rings is 1. The van der Waals surface area contributed by atoms with E-state index in [4.69, 9.17) is 16.3 Å². The molecule has 7 heteroatoms. The fourth-order valence-corrected chi connectivity index (χ4v) is 4.48. The van der Waals surface area contributed by atoms with E-state index in [0.717, 1.165) is 27.5 Å². The number of hydrogen-bond acceptors (Lipinski definition) is 4. The number of aromatic nitrogens is 1.